The fourth-order valence-electron chi connectivity index (χ4n) is 4.45. The van der Waals surface area contributed by atoms with Crippen molar-refractivity contribution in [2.45, 2.75) is 0 Å². The molecule has 0 aliphatic rings. The average molecular weight is 728 g/mol. The third-order valence-electron chi connectivity index (χ3n) is 6.36. The van der Waals surface area contributed by atoms with Crippen molar-refractivity contribution >= 4 is 57.4 Å². The topological polar surface area (TPSA) is 0 Å². The summed E-state index contributed by atoms with van der Waals surface area (Å²) in [5.74, 6) is 0. The van der Waals surface area contributed by atoms with Gasteiger partial charge in [0.1, 0.15) is 0 Å². The molecule has 6 aromatic rings. The molecule has 0 atom stereocenters. The zero-order valence-electron chi connectivity index (χ0n) is 25.1. The fraction of sp³-hybridized carbons (Fsp3) is 0. The Balaban J connectivity index is 0.000000204. The zero-order chi connectivity index (χ0) is 32.0. The van der Waals surface area contributed by atoms with Crippen molar-refractivity contribution in [1.29, 1.82) is 0 Å². The molecule has 0 saturated heterocycles. The van der Waals surface area contributed by atoms with Gasteiger partial charge < -0.3 is 0 Å². The first kappa shape index (κ1) is 36.0. The molecule has 0 heterocycles. The molecular weight excluding hydrogens is 691 g/mol. The Morgan fingerprint density at radius 3 is 0.600 bits per heavy atom. The van der Waals surface area contributed by atoms with Crippen LogP contribution in [0, 0.1) is 6.42 Å². The Hall–Kier alpha value is -3.43. The van der Waals surface area contributed by atoms with Crippen molar-refractivity contribution in [3.63, 3.8) is 0 Å². The number of benzene rings is 6. The minimum absolute atomic E-state index is 0.446. The van der Waals surface area contributed by atoms with E-state index >= 15 is 0 Å². The van der Waals surface area contributed by atoms with Crippen LogP contribution in [0.5, 0.6) is 0 Å². The summed E-state index contributed by atoms with van der Waals surface area (Å²) in [6.07, 6.45) is 5.15. The predicted octanol–water partition coefficient (Wildman–Crippen LogP) is 9.14. The predicted molar refractivity (Wildman–Crippen MR) is 201 cm³/mol. The van der Waals surface area contributed by atoms with Crippen molar-refractivity contribution in [2.24, 2.45) is 0 Å². The molecule has 0 nitrogen and oxygen atoms in total. The van der Waals surface area contributed by atoms with E-state index in [0.717, 1.165) is 0 Å². The smallest absolute Gasteiger partial charge is 0.0134 e. The Kier molecular flexibility index (Phi) is 17.7. The molecule has 6 rings (SSSR count). The summed E-state index contributed by atoms with van der Waals surface area (Å²) < 4.78 is 0. The molecule has 0 aromatic heterocycles. The van der Waals surface area contributed by atoms with Crippen molar-refractivity contribution in [1.82, 2.24) is 0 Å². The van der Waals surface area contributed by atoms with Crippen LogP contribution in [0.25, 0.3) is 0 Å². The summed E-state index contributed by atoms with van der Waals surface area (Å²) in [6, 6.07) is 64.7. The maximum Gasteiger partial charge on any atom is -0.0134 e. The van der Waals surface area contributed by atoms with Crippen LogP contribution < -0.4 is 31.8 Å². The number of rotatable bonds is 8. The second-order valence-corrected chi connectivity index (χ2v) is 13.8. The molecule has 0 spiro atoms. The normalized spacial score (nSPS) is 9.78. The van der Waals surface area contributed by atoms with Gasteiger partial charge in [-0.3, -0.25) is 0 Å². The first-order valence-corrected chi connectivity index (χ1v) is 19.3. The molecule has 0 amide bonds. The van der Waals surface area contributed by atoms with Crippen LogP contribution >= 0.6 is 25.5 Å². The molecule has 0 bridgehead atoms. The third-order valence-corrected chi connectivity index (χ3v) is 11.2. The van der Waals surface area contributed by atoms with Gasteiger partial charge in [-0.15, -0.1) is 13.2 Å². The van der Waals surface area contributed by atoms with Crippen molar-refractivity contribution in [3.05, 3.63) is 214 Å². The molecule has 0 fully saturated rings. The van der Waals surface area contributed by atoms with Crippen molar-refractivity contribution in [3.8, 4) is 0 Å². The van der Waals surface area contributed by atoms with Crippen LogP contribution in [0.3, 0.4) is 0 Å². The summed E-state index contributed by atoms with van der Waals surface area (Å²) in [5, 5.41) is 8.39. The molecule has 45 heavy (non-hydrogen) atoms. The summed E-state index contributed by atoms with van der Waals surface area (Å²) in [4.78, 5) is 0. The van der Waals surface area contributed by atoms with E-state index in [1.807, 2.05) is 17.3 Å². The number of halogens is 1. The first-order chi connectivity index (χ1) is 22.3. The van der Waals surface area contributed by atoms with E-state index in [4.69, 9.17) is 0 Å². The quantitative estimate of drug-likeness (QED) is 0.108. The van der Waals surface area contributed by atoms with E-state index in [0.29, 0.717) is 0 Å². The average Bonchev–Trinajstić information content (AvgIpc) is 3.13. The van der Waals surface area contributed by atoms with Crippen LogP contribution in [-0.4, -0.2) is 0 Å². The van der Waals surface area contributed by atoms with E-state index in [1.165, 1.54) is 31.8 Å². The number of hydrogen-bond donors (Lipinski definition) is 0. The summed E-state index contributed by atoms with van der Waals surface area (Å²) in [6.45, 7) is 6.85. The van der Waals surface area contributed by atoms with Crippen molar-refractivity contribution in [2.75, 3.05) is 0 Å². The van der Waals surface area contributed by atoms with E-state index in [9.17, 15) is 0 Å². The largest absolute Gasteiger partial charge is 0.0622 e. The SMILES string of the molecule is C=C[CH]C=C.[Cl][Ru].c1ccc(P(c2ccccc2)c2ccccc2)cc1.c1ccc(P(c2ccccc2)c2ccccc2)cc1. The van der Waals surface area contributed by atoms with E-state index < -0.39 is 15.8 Å². The Labute approximate surface area is 286 Å². The molecule has 0 saturated carbocycles. The Morgan fingerprint density at radius 2 is 0.489 bits per heavy atom. The number of hydrogen-bond acceptors (Lipinski definition) is 0. The molecule has 1 radical (unpaired) electrons. The summed E-state index contributed by atoms with van der Waals surface area (Å²) >= 11 is 1.82. The van der Waals surface area contributed by atoms with Crippen LogP contribution in [0.2, 0.25) is 0 Å². The van der Waals surface area contributed by atoms with Crippen LogP contribution in [0.4, 0.5) is 0 Å². The Bertz CT molecular complexity index is 1290. The van der Waals surface area contributed by atoms with Crippen LogP contribution in [0.1, 0.15) is 0 Å². The van der Waals surface area contributed by atoms with Gasteiger partial charge in [0.05, 0.1) is 0 Å². The third kappa shape index (κ3) is 12.1. The van der Waals surface area contributed by atoms with E-state index in [2.05, 4.69) is 205 Å². The maximum absolute atomic E-state index is 4.57. The van der Waals surface area contributed by atoms with Gasteiger partial charge >= 0.3 is 27.0 Å². The maximum atomic E-state index is 4.57. The first-order valence-electron chi connectivity index (χ1n) is 14.4. The second-order valence-electron chi connectivity index (χ2n) is 9.35. The molecule has 4 heteroatoms. The van der Waals surface area contributed by atoms with Gasteiger partial charge in [0.2, 0.25) is 0 Å². The standard InChI is InChI=1S/2C18H15P.C5H7.ClH.Ru/c2*1-4-10-16(11-5-1)19(17-12-6-2-7-13-17)18-14-8-3-9-15-18;1-3-5-4-2;;/h2*1-15H;3-5H,1-2H2;1H;/q;;;;+1/p-1. The minimum Gasteiger partial charge on any atom is -0.0622 e. The molecule has 226 valence electrons. The molecule has 0 aliphatic heterocycles. The molecule has 0 N–H and O–H groups in total. The molecule has 0 aliphatic carbocycles. The second kappa shape index (κ2) is 22.1. The van der Waals surface area contributed by atoms with Gasteiger partial charge in [0, 0.05) is 6.42 Å². The zero-order valence-corrected chi connectivity index (χ0v) is 29.4. The van der Waals surface area contributed by atoms with Crippen LogP contribution in [0.15, 0.2) is 207 Å². The monoisotopic (exact) mass is 728 g/mol. The van der Waals surface area contributed by atoms with Gasteiger partial charge in [-0.1, -0.05) is 194 Å². The van der Waals surface area contributed by atoms with E-state index in [-0.39, 0.29) is 0 Å². The van der Waals surface area contributed by atoms with Gasteiger partial charge in [-0.25, -0.2) is 0 Å². The fourth-order valence-corrected chi connectivity index (χ4v) is 9.06. The van der Waals surface area contributed by atoms with E-state index in [1.54, 1.807) is 18.6 Å². The molecule has 6 aromatic carbocycles. The van der Waals surface area contributed by atoms with Gasteiger partial charge in [0.15, 0.2) is 0 Å². The van der Waals surface area contributed by atoms with Gasteiger partial charge in [-0.2, -0.15) is 0 Å². The van der Waals surface area contributed by atoms with Gasteiger partial charge in [0.25, 0.3) is 0 Å². The summed E-state index contributed by atoms with van der Waals surface area (Å²) in [7, 11) is 3.68. The molecular formula is C41H37ClP2Ru. The Morgan fingerprint density at radius 1 is 0.333 bits per heavy atom. The van der Waals surface area contributed by atoms with Crippen molar-refractivity contribution < 1.29 is 17.3 Å². The molecule has 0 unspecified atom stereocenters. The van der Waals surface area contributed by atoms with Crippen LogP contribution in [-0.2, 0) is 17.3 Å². The number of allylic oxidation sites excluding steroid dienone is 2. The van der Waals surface area contributed by atoms with Gasteiger partial charge in [-0.05, 0) is 47.7 Å². The summed E-state index contributed by atoms with van der Waals surface area (Å²) in [5.41, 5.74) is 0. The minimum atomic E-state index is -0.446.